The molecule has 2 fully saturated rings. The van der Waals surface area contributed by atoms with Gasteiger partial charge >= 0.3 is 0 Å². The molecule has 2 aliphatic rings. The predicted molar refractivity (Wildman–Crippen MR) is 81.5 cm³/mol. The van der Waals surface area contributed by atoms with Gasteiger partial charge in [0.15, 0.2) is 0 Å². The summed E-state index contributed by atoms with van der Waals surface area (Å²) in [5, 5.41) is 0. The topological polar surface area (TPSA) is 24.7 Å². The predicted octanol–water partition coefficient (Wildman–Crippen LogP) is 3.11. The van der Waals surface area contributed by atoms with Gasteiger partial charge in [-0.3, -0.25) is 9.98 Å². The van der Waals surface area contributed by atoms with Crippen LogP contribution in [0.1, 0.15) is 20.3 Å². The highest BCUT2D eigenvalue weighted by atomic mass is 14.8. The molecule has 0 aromatic carbocycles. The lowest BCUT2D eigenvalue weighted by molar-refractivity contribution is 0.842. The number of hydrogen-bond donors (Lipinski definition) is 0. The lowest BCUT2D eigenvalue weighted by Gasteiger charge is -2.08. The molecule has 0 aromatic rings. The van der Waals surface area contributed by atoms with Gasteiger partial charge in [0.25, 0.3) is 0 Å². The van der Waals surface area contributed by atoms with Crippen LogP contribution in [-0.4, -0.2) is 24.5 Å². The Balaban J connectivity index is 1.63. The molecule has 0 saturated heterocycles. The zero-order valence-electron chi connectivity index (χ0n) is 11.6. The molecule has 0 bridgehead atoms. The normalized spacial score (nSPS) is 23.5. The molecule has 2 heteroatoms. The zero-order chi connectivity index (χ0) is 13.5. The molecule has 10 radical (unpaired) electrons. The molecular formula is C17H20N2. The van der Waals surface area contributed by atoms with Crippen molar-refractivity contribution in [1.29, 1.82) is 0 Å². The van der Waals surface area contributed by atoms with Crippen LogP contribution in [0.15, 0.2) is 9.98 Å². The summed E-state index contributed by atoms with van der Waals surface area (Å²) in [5.41, 5.74) is 2.23. The number of hydrogen-bond acceptors (Lipinski definition) is 2. The van der Waals surface area contributed by atoms with E-state index in [1.807, 2.05) is 25.7 Å². The number of nitrogens with zero attached hydrogens (tertiary/aromatic N) is 2. The molecule has 0 spiro atoms. The maximum Gasteiger partial charge on any atom is 0.0406 e. The third-order valence-electron chi connectivity index (χ3n) is 3.18. The minimum Gasteiger partial charge on any atom is -0.294 e. The lowest BCUT2D eigenvalue weighted by Crippen LogP contribution is -2.07. The smallest absolute Gasteiger partial charge is 0.0406 e. The minimum absolute atomic E-state index is 0.842. The first kappa shape index (κ1) is 14.7. The van der Waals surface area contributed by atoms with Gasteiger partial charge in [0.05, 0.1) is 0 Å². The summed E-state index contributed by atoms with van der Waals surface area (Å²) in [6.45, 7) is 5.81. The molecule has 2 saturated carbocycles. The fraction of sp³-hybridized carbons (Fsp3) is 0.294. The van der Waals surface area contributed by atoms with Crippen LogP contribution in [0.5, 0.6) is 0 Å². The van der Waals surface area contributed by atoms with E-state index in [0.29, 0.717) is 0 Å². The average Bonchev–Trinajstić information content (AvgIpc) is 3.10. The molecule has 2 aliphatic carbocycles. The van der Waals surface area contributed by atoms with E-state index in [4.69, 9.17) is 0 Å². The molecule has 2 nitrogen and oxygen atoms in total. The van der Waals surface area contributed by atoms with Gasteiger partial charge in [-0.2, -0.15) is 0 Å². The first-order chi connectivity index (χ1) is 9.27. The van der Waals surface area contributed by atoms with E-state index in [0.717, 1.165) is 30.9 Å². The lowest BCUT2D eigenvalue weighted by atomic mass is 10.0. The van der Waals surface area contributed by atoms with Crippen molar-refractivity contribution in [3.8, 4) is 0 Å². The number of rotatable bonds is 6. The third-order valence-corrected chi connectivity index (χ3v) is 3.18. The molecule has 19 heavy (non-hydrogen) atoms. The average molecular weight is 252 g/mol. The summed E-state index contributed by atoms with van der Waals surface area (Å²) in [5.74, 6) is 2.44. The van der Waals surface area contributed by atoms with E-state index in [1.54, 1.807) is 0 Å². The summed E-state index contributed by atoms with van der Waals surface area (Å²) in [4.78, 5) is 9.15. The van der Waals surface area contributed by atoms with Crippen LogP contribution in [0.25, 0.3) is 0 Å². The Hall–Kier alpha value is -0.660. The Bertz CT molecular complexity index is 286. The molecule has 98 valence electrons. The van der Waals surface area contributed by atoms with Crippen molar-refractivity contribution in [2.24, 2.45) is 9.98 Å². The van der Waals surface area contributed by atoms with Crippen molar-refractivity contribution < 1.29 is 0 Å². The molecule has 0 amide bonds. The van der Waals surface area contributed by atoms with Gasteiger partial charge in [-0.15, -0.1) is 0 Å². The van der Waals surface area contributed by atoms with E-state index < -0.39 is 0 Å². The monoisotopic (exact) mass is 252 g/mol. The molecule has 0 aromatic heterocycles. The second-order valence-corrected chi connectivity index (χ2v) is 4.63. The van der Waals surface area contributed by atoms with E-state index in [-0.39, 0.29) is 0 Å². The molecule has 0 aliphatic heterocycles. The fourth-order valence-electron chi connectivity index (χ4n) is 1.98. The summed E-state index contributed by atoms with van der Waals surface area (Å²) < 4.78 is 0. The van der Waals surface area contributed by atoms with Gasteiger partial charge in [-0.05, 0) is 71.6 Å². The molecule has 0 unspecified atom stereocenters. The van der Waals surface area contributed by atoms with Crippen LogP contribution in [0.4, 0.5) is 0 Å². The highest BCUT2D eigenvalue weighted by Crippen LogP contribution is 2.25. The van der Waals surface area contributed by atoms with E-state index in [1.165, 1.54) is 11.8 Å². The second-order valence-electron chi connectivity index (χ2n) is 4.63. The maximum atomic E-state index is 4.57. The van der Waals surface area contributed by atoms with Gasteiger partial charge in [-0.25, -0.2) is 0 Å². The Morgan fingerprint density at radius 3 is 1.47 bits per heavy atom. The quantitative estimate of drug-likeness (QED) is 0.512. The largest absolute Gasteiger partial charge is 0.294 e. The van der Waals surface area contributed by atoms with Crippen LogP contribution in [0.3, 0.4) is 0 Å². The van der Waals surface area contributed by atoms with Crippen molar-refractivity contribution >= 4 is 11.4 Å². The summed E-state index contributed by atoms with van der Waals surface area (Å²) in [6.07, 6.45) is 17.5. The van der Waals surface area contributed by atoms with Crippen molar-refractivity contribution in [1.82, 2.24) is 0 Å². The SMILES string of the molecule is CC(=NCCCN=C(C)[C]1[CH][CH][CH][CH]1)[C]1[CH][CH][CH][CH]1. The first-order valence-corrected chi connectivity index (χ1v) is 6.73. The standard InChI is InChI=1S/C17H20N2/c1-14(16-8-3-4-9-16)18-12-7-13-19-15(2)17-10-5-6-11-17/h3-6,8-11H,7,12-13H2,1-2H3. The maximum absolute atomic E-state index is 4.57. The number of aliphatic imine (C=N–C) groups is 2. The minimum atomic E-state index is 0.842. The third kappa shape index (κ3) is 4.74. The molecular weight excluding hydrogens is 232 g/mol. The van der Waals surface area contributed by atoms with E-state index >= 15 is 0 Å². The van der Waals surface area contributed by atoms with Crippen LogP contribution >= 0.6 is 0 Å². The van der Waals surface area contributed by atoms with Crippen LogP contribution in [0, 0.1) is 63.2 Å². The van der Waals surface area contributed by atoms with Crippen LogP contribution in [-0.2, 0) is 0 Å². The Morgan fingerprint density at radius 1 is 0.737 bits per heavy atom. The van der Waals surface area contributed by atoms with Crippen LogP contribution in [0.2, 0.25) is 0 Å². The van der Waals surface area contributed by atoms with Gasteiger partial charge < -0.3 is 0 Å². The molecule has 0 N–H and O–H groups in total. The first-order valence-electron chi connectivity index (χ1n) is 6.73. The highest BCUT2D eigenvalue weighted by molar-refractivity contribution is 6.00. The van der Waals surface area contributed by atoms with Crippen molar-refractivity contribution in [2.45, 2.75) is 20.3 Å². The molecule has 0 atom stereocenters. The van der Waals surface area contributed by atoms with Crippen LogP contribution < -0.4 is 0 Å². The Morgan fingerprint density at radius 2 is 1.11 bits per heavy atom. The van der Waals surface area contributed by atoms with Gasteiger partial charge in [0, 0.05) is 36.3 Å². The summed E-state index contributed by atoms with van der Waals surface area (Å²) in [7, 11) is 0. The van der Waals surface area contributed by atoms with Gasteiger partial charge in [-0.1, -0.05) is 0 Å². The van der Waals surface area contributed by atoms with Gasteiger partial charge in [0.2, 0.25) is 0 Å². The van der Waals surface area contributed by atoms with Crippen molar-refractivity contribution in [2.75, 3.05) is 13.1 Å². The Kier molecular flexibility index (Phi) is 6.06. The summed E-state index contributed by atoms with van der Waals surface area (Å²) >= 11 is 0. The second kappa shape index (κ2) is 7.81. The van der Waals surface area contributed by atoms with Crippen molar-refractivity contribution in [3.05, 3.63) is 63.2 Å². The van der Waals surface area contributed by atoms with E-state index in [9.17, 15) is 0 Å². The van der Waals surface area contributed by atoms with Crippen molar-refractivity contribution in [3.63, 3.8) is 0 Å². The molecule has 2 rings (SSSR count). The Labute approximate surface area is 118 Å². The van der Waals surface area contributed by atoms with E-state index in [2.05, 4.69) is 49.5 Å². The highest BCUT2D eigenvalue weighted by Gasteiger charge is 2.20. The fourth-order valence-corrected chi connectivity index (χ4v) is 1.98. The van der Waals surface area contributed by atoms with Gasteiger partial charge in [0.1, 0.15) is 0 Å². The summed E-state index contributed by atoms with van der Waals surface area (Å²) in [6, 6.07) is 0. The molecule has 0 heterocycles. The zero-order valence-corrected chi connectivity index (χ0v) is 11.6.